The van der Waals surface area contributed by atoms with Gasteiger partial charge in [0.05, 0.1) is 12.0 Å². The van der Waals surface area contributed by atoms with Gasteiger partial charge in [0, 0.05) is 11.1 Å². The molecule has 1 aromatic carbocycles. The number of carboxylic acid groups (broad SMARTS) is 2. The molecular weight excluding hydrogens is 260 g/mol. The van der Waals surface area contributed by atoms with Gasteiger partial charge in [-0.05, 0) is 24.1 Å². The molecule has 0 fully saturated rings. The lowest BCUT2D eigenvalue weighted by molar-refractivity contribution is -0.136. The Bertz CT molecular complexity index is 680. The molecule has 0 amide bonds. The van der Waals surface area contributed by atoms with Crippen molar-refractivity contribution in [1.29, 1.82) is 0 Å². The standard InChI is InChI=1S/C15H12O5/c1-2-4-8-9-5-3-6-10(15(19)20)13(9)14(18)11(8)7-12(16)17/h2-6H,7H2,1H3,(H,16,17)(H,19,20)/b4-2-. The van der Waals surface area contributed by atoms with Gasteiger partial charge >= 0.3 is 11.9 Å². The first-order valence-corrected chi connectivity index (χ1v) is 5.96. The zero-order chi connectivity index (χ0) is 14.9. The third-order valence-electron chi connectivity index (χ3n) is 3.07. The number of carbonyl (C=O) groups is 3. The van der Waals surface area contributed by atoms with Gasteiger partial charge in [0.1, 0.15) is 0 Å². The number of aromatic carboxylic acids is 1. The predicted molar refractivity (Wildman–Crippen MR) is 71.7 cm³/mol. The number of benzene rings is 1. The van der Waals surface area contributed by atoms with Crippen LogP contribution in [0, 0.1) is 0 Å². The first-order valence-electron chi connectivity index (χ1n) is 5.96. The van der Waals surface area contributed by atoms with Gasteiger partial charge in [0.15, 0.2) is 5.78 Å². The van der Waals surface area contributed by atoms with Gasteiger partial charge in [0.25, 0.3) is 0 Å². The third kappa shape index (κ3) is 2.14. The molecule has 0 saturated heterocycles. The van der Waals surface area contributed by atoms with E-state index in [9.17, 15) is 14.4 Å². The summed E-state index contributed by atoms with van der Waals surface area (Å²) >= 11 is 0. The molecule has 0 spiro atoms. The molecule has 0 saturated carbocycles. The maximum Gasteiger partial charge on any atom is 0.336 e. The molecule has 0 unspecified atom stereocenters. The van der Waals surface area contributed by atoms with E-state index in [2.05, 4.69) is 0 Å². The van der Waals surface area contributed by atoms with Crippen molar-refractivity contribution in [1.82, 2.24) is 0 Å². The van der Waals surface area contributed by atoms with Crippen LogP contribution in [0.2, 0.25) is 0 Å². The van der Waals surface area contributed by atoms with Crippen LogP contribution in [-0.2, 0) is 4.79 Å². The van der Waals surface area contributed by atoms with Crippen LogP contribution >= 0.6 is 0 Å². The number of hydrogen-bond donors (Lipinski definition) is 2. The van der Waals surface area contributed by atoms with Crippen LogP contribution in [-0.4, -0.2) is 27.9 Å². The van der Waals surface area contributed by atoms with Crippen molar-refractivity contribution in [2.24, 2.45) is 0 Å². The summed E-state index contributed by atoms with van der Waals surface area (Å²) in [5.41, 5.74) is 1.06. The highest BCUT2D eigenvalue weighted by Crippen LogP contribution is 2.37. The second-order valence-electron chi connectivity index (χ2n) is 4.33. The fourth-order valence-corrected chi connectivity index (χ4v) is 2.32. The first-order chi connectivity index (χ1) is 9.47. The van der Waals surface area contributed by atoms with E-state index in [0.29, 0.717) is 11.1 Å². The zero-order valence-electron chi connectivity index (χ0n) is 10.7. The second kappa shape index (κ2) is 5.13. The number of carboxylic acids is 2. The molecule has 2 rings (SSSR count). The SMILES string of the molecule is C/C=C\C1=C(CC(=O)O)C(=O)c2c(C(=O)O)cccc21. The van der Waals surface area contributed by atoms with E-state index < -0.39 is 24.1 Å². The van der Waals surface area contributed by atoms with Gasteiger partial charge in [-0.1, -0.05) is 24.3 Å². The zero-order valence-corrected chi connectivity index (χ0v) is 10.7. The highest BCUT2D eigenvalue weighted by molar-refractivity contribution is 6.26. The van der Waals surface area contributed by atoms with Crippen molar-refractivity contribution >= 4 is 23.3 Å². The molecule has 1 aliphatic carbocycles. The van der Waals surface area contributed by atoms with Crippen molar-refractivity contribution in [2.75, 3.05) is 0 Å². The Morgan fingerprint density at radius 3 is 2.50 bits per heavy atom. The minimum Gasteiger partial charge on any atom is -0.481 e. The quantitative estimate of drug-likeness (QED) is 0.878. The Morgan fingerprint density at radius 2 is 1.95 bits per heavy atom. The summed E-state index contributed by atoms with van der Waals surface area (Å²) in [6, 6.07) is 4.52. The molecule has 0 radical (unpaired) electrons. The highest BCUT2D eigenvalue weighted by Gasteiger charge is 2.33. The van der Waals surface area contributed by atoms with E-state index in [1.165, 1.54) is 6.07 Å². The third-order valence-corrected chi connectivity index (χ3v) is 3.07. The summed E-state index contributed by atoms with van der Waals surface area (Å²) in [7, 11) is 0. The number of carbonyl (C=O) groups excluding carboxylic acids is 1. The molecule has 2 N–H and O–H groups in total. The molecule has 0 aliphatic heterocycles. The molecule has 0 heterocycles. The Morgan fingerprint density at radius 1 is 1.25 bits per heavy atom. The van der Waals surface area contributed by atoms with Crippen LogP contribution in [0.15, 0.2) is 35.9 Å². The normalized spacial score (nSPS) is 13.9. The van der Waals surface area contributed by atoms with Crippen LogP contribution in [0.25, 0.3) is 5.57 Å². The molecule has 102 valence electrons. The maximum atomic E-state index is 12.3. The van der Waals surface area contributed by atoms with Crippen molar-refractivity contribution in [3.05, 3.63) is 52.6 Å². The van der Waals surface area contributed by atoms with E-state index in [0.717, 1.165) is 0 Å². The number of fused-ring (bicyclic) bond motifs is 1. The van der Waals surface area contributed by atoms with Gasteiger partial charge in [0.2, 0.25) is 0 Å². The molecule has 0 bridgehead atoms. The van der Waals surface area contributed by atoms with E-state index in [1.807, 2.05) is 0 Å². The van der Waals surface area contributed by atoms with Crippen LogP contribution < -0.4 is 0 Å². The van der Waals surface area contributed by atoms with Crippen molar-refractivity contribution in [3.63, 3.8) is 0 Å². The fourth-order valence-electron chi connectivity index (χ4n) is 2.32. The maximum absolute atomic E-state index is 12.3. The number of ketones is 1. The Kier molecular flexibility index (Phi) is 3.52. The van der Waals surface area contributed by atoms with Gasteiger partial charge in [-0.25, -0.2) is 4.79 Å². The largest absolute Gasteiger partial charge is 0.481 e. The average Bonchev–Trinajstić information content (AvgIpc) is 2.64. The molecule has 20 heavy (non-hydrogen) atoms. The van der Waals surface area contributed by atoms with Crippen LogP contribution in [0.4, 0.5) is 0 Å². The Labute approximate surface area is 114 Å². The van der Waals surface area contributed by atoms with Gasteiger partial charge < -0.3 is 10.2 Å². The minimum absolute atomic E-state index is 0.0735. The van der Waals surface area contributed by atoms with E-state index in [-0.39, 0.29) is 16.7 Å². The monoisotopic (exact) mass is 272 g/mol. The molecule has 5 heteroatoms. The van der Waals surface area contributed by atoms with Crippen molar-refractivity contribution in [3.8, 4) is 0 Å². The average molecular weight is 272 g/mol. The minimum atomic E-state index is -1.20. The first kappa shape index (κ1) is 13.7. The Balaban J connectivity index is 2.69. The number of aliphatic carboxylic acids is 1. The summed E-state index contributed by atoms with van der Waals surface area (Å²) in [5.74, 6) is -2.85. The van der Waals surface area contributed by atoms with E-state index in [1.54, 1.807) is 31.2 Å². The molecule has 1 aliphatic rings. The number of Topliss-reactive ketones (excluding diaryl/α,β-unsaturated/α-hetero) is 1. The van der Waals surface area contributed by atoms with E-state index in [4.69, 9.17) is 10.2 Å². The predicted octanol–water partition coefficient (Wildman–Crippen LogP) is 2.39. The second-order valence-corrected chi connectivity index (χ2v) is 4.33. The molecule has 5 nitrogen and oxygen atoms in total. The van der Waals surface area contributed by atoms with Crippen LogP contribution in [0.3, 0.4) is 0 Å². The number of allylic oxidation sites excluding steroid dienone is 3. The topological polar surface area (TPSA) is 91.7 Å². The molecule has 0 aromatic heterocycles. The summed E-state index contributed by atoms with van der Waals surface area (Å²) in [6.07, 6.45) is 2.90. The lowest BCUT2D eigenvalue weighted by Gasteiger charge is -2.03. The van der Waals surface area contributed by atoms with E-state index >= 15 is 0 Å². The van der Waals surface area contributed by atoms with Crippen LogP contribution in [0.5, 0.6) is 0 Å². The van der Waals surface area contributed by atoms with Gasteiger partial charge in [-0.2, -0.15) is 0 Å². The Hall–Kier alpha value is -2.69. The molecular formula is C15H12O5. The van der Waals surface area contributed by atoms with Gasteiger partial charge in [-0.3, -0.25) is 9.59 Å². The lowest BCUT2D eigenvalue weighted by Crippen LogP contribution is -2.10. The number of rotatable bonds is 4. The lowest BCUT2D eigenvalue weighted by atomic mass is 9.99. The molecule has 0 atom stereocenters. The molecule has 1 aromatic rings. The summed E-state index contributed by atoms with van der Waals surface area (Å²) in [6.45, 7) is 1.74. The summed E-state index contributed by atoms with van der Waals surface area (Å²) in [4.78, 5) is 34.4. The van der Waals surface area contributed by atoms with Crippen molar-refractivity contribution in [2.45, 2.75) is 13.3 Å². The van der Waals surface area contributed by atoms with Crippen molar-refractivity contribution < 1.29 is 24.6 Å². The fraction of sp³-hybridized carbons (Fsp3) is 0.133. The highest BCUT2D eigenvalue weighted by atomic mass is 16.4. The number of hydrogen-bond acceptors (Lipinski definition) is 3. The van der Waals surface area contributed by atoms with Crippen LogP contribution in [0.1, 0.15) is 39.6 Å². The smallest absolute Gasteiger partial charge is 0.336 e. The van der Waals surface area contributed by atoms with Gasteiger partial charge in [-0.15, -0.1) is 0 Å². The summed E-state index contributed by atoms with van der Waals surface area (Å²) < 4.78 is 0. The summed E-state index contributed by atoms with van der Waals surface area (Å²) in [5, 5.41) is 18.1.